The van der Waals surface area contributed by atoms with Crippen molar-refractivity contribution in [3.63, 3.8) is 0 Å². The number of benzene rings is 1. The number of halogens is 1. The molecule has 2 amide bonds. The third kappa shape index (κ3) is 5.30. The van der Waals surface area contributed by atoms with Gasteiger partial charge in [0.25, 0.3) is 5.91 Å². The lowest BCUT2D eigenvalue weighted by molar-refractivity contribution is -0.113. The maximum absolute atomic E-state index is 12.9. The highest BCUT2D eigenvalue weighted by atomic mass is 32.2. The molecule has 0 atom stereocenters. The van der Waals surface area contributed by atoms with Gasteiger partial charge in [0.1, 0.15) is 15.7 Å². The maximum atomic E-state index is 12.9. The van der Waals surface area contributed by atoms with Crippen LogP contribution in [-0.4, -0.2) is 37.2 Å². The van der Waals surface area contributed by atoms with E-state index in [-0.39, 0.29) is 34.5 Å². The molecule has 2 aromatic rings. The van der Waals surface area contributed by atoms with Gasteiger partial charge in [-0.15, -0.1) is 23.1 Å². The average molecular weight is 410 g/mol. The second-order valence-corrected chi connectivity index (χ2v) is 7.42. The molecule has 0 fully saturated rings. The number of nitrogens with one attached hydrogen (secondary N) is 2. The molecular weight excluding hydrogens is 391 g/mol. The molecule has 1 heterocycles. The summed E-state index contributed by atoms with van der Waals surface area (Å²) in [5.74, 6) is -1.55. The second kappa shape index (κ2) is 9.52. The molecule has 0 unspecified atom stereocenters. The first kappa shape index (κ1) is 20.9. The number of thiophene rings is 1. The van der Waals surface area contributed by atoms with Crippen LogP contribution in [0.1, 0.15) is 32.5 Å². The van der Waals surface area contributed by atoms with Crippen LogP contribution in [0.3, 0.4) is 0 Å². The van der Waals surface area contributed by atoms with Gasteiger partial charge < -0.3 is 15.4 Å². The van der Waals surface area contributed by atoms with Crippen LogP contribution < -0.4 is 10.6 Å². The molecule has 0 spiro atoms. The van der Waals surface area contributed by atoms with Crippen LogP contribution in [-0.2, 0) is 9.53 Å². The minimum absolute atomic E-state index is 0.0739. The number of carbonyl (C=O) groups is 3. The average Bonchev–Trinajstić information content (AvgIpc) is 2.97. The molecule has 27 heavy (non-hydrogen) atoms. The Morgan fingerprint density at radius 2 is 1.89 bits per heavy atom. The van der Waals surface area contributed by atoms with Crippen molar-refractivity contribution in [2.45, 2.75) is 18.7 Å². The van der Waals surface area contributed by atoms with Gasteiger partial charge in [-0.1, -0.05) is 0 Å². The van der Waals surface area contributed by atoms with Crippen LogP contribution in [0.2, 0.25) is 0 Å². The molecule has 0 radical (unpaired) electrons. The van der Waals surface area contributed by atoms with Crippen LogP contribution in [0.25, 0.3) is 0 Å². The van der Waals surface area contributed by atoms with Crippen molar-refractivity contribution in [1.82, 2.24) is 5.32 Å². The van der Waals surface area contributed by atoms with E-state index in [0.29, 0.717) is 10.6 Å². The fourth-order valence-electron chi connectivity index (χ4n) is 2.23. The summed E-state index contributed by atoms with van der Waals surface area (Å²) in [4.78, 5) is 37.6. The molecule has 6 nitrogen and oxygen atoms in total. The summed E-state index contributed by atoms with van der Waals surface area (Å²) in [6.07, 6.45) is 0. The van der Waals surface area contributed by atoms with Crippen molar-refractivity contribution < 1.29 is 23.5 Å². The number of thioether (sulfide) groups is 1. The number of rotatable bonds is 7. The van der Waals surface area contributed by atoms with Crippen LogP contribution in [0.4, 0.5) is 9.39 Å². The first-order valence-corrected chi connectivity index (χ1v) is 9.88. The Morgan fingerprint density at radius 3 is 2.48 bits per heavy atom. The van der Waals surface area contributed by atoms with Crippen LogP contribution in [0.15, 0.2) is 29.2 Å². The first-order chi connectivity index (χ1) is 12.9. The zero-order chi connectivity index (χ0) is 20.0. The summed E-state index contributed by atoms with van der Waals surface area (Å²) in [5, 5.41) is 5.48. The number of esters is 1. The molecule has 1 aromatic heterocycles. The summed E-state index contributed by atoms with van der Waals surface area (Å²) in [6.45, 7) is 3.54. The highest BCUT2D eigenvalue weighted by Gasteiger charge is 2.25. The summed E-state index contributed by atoms with van der Waals surface area (Å²) in [5.41, 5.74) is 0.699. The van der Waals surface area contributed by atoms with E-state index in [0.717, 1.165) is 16.2 Å². The Bertz CT molecular complexity index is 850. The lowest BCUT2D eigenvalue weighted by atomic mass is 10.1. The Labute approximate surface area is 164 Å². The van der Waals surface area contributed by atoms with E-state index in [2.05, 4.69) is 10.6 Å². The van der Waals surface area contributed by atoms with Crippen molar-refractivity contribution in [3.8, 4) is 0 Å². The molecule has 0 aliphatic carbocycles. The Balaban J connectivity index is 2.16. The zero-order valence-corrected chi connectivity index (χ0v) is 16.7. The summed E-state index contributed by atoms with van der Waals surface area (Å²) >= 11 is 2.24. The van der Waals surface area contributed by atoms with Gasteiger partial charge in [-0.05, 0) is 43.7 Å². The van der Waals surface area contributed by atoms with Crippen molar-refractivity contribution >= 4 is 45.9 Å². The third-order valence-electron chi connectivity index (χ3n) is 3.50. The molecule has 0 aliphatic rings. The van der Waals surface area contributed by atoms with Gasteiger partial charge in [0, 0.05) is 11.9 Å². The summed E-state index contributed by atoms with van der Waals surface area (Å²) < 4.78 is 17.9. The van der Waals surface area contributed by atoms with Crippen molar-refractivity contribution in [3.05, 3.63) is 46.1 Å². The molecule has 0 saturated heterocycles. The number of ether oxygens (including phenoxy) is 1. The van der Waals surface area contributed by atoms with Crippen molar-refractivity contribution in [2.24, 2.45) is 0 Å². The van der Waals surface area contributed by atoms with Crippen LogP contribution in [0, 0.1) is 12.7 Å². The van der Waals surface area contributed by atoms with Gasteiger partial charge in [0.05, 0.1) is 17.9 Å². The molecule has 2 rings (SSSR count). The molecule has 1 aromatic carbocycles. The smallest absolute Gasteiger partial charge is 0.348 e. The standard InChI is InChI=1S/C18H19FN2O4S2/c1-4-25-18(24)15-10(2)14(16(23)20-3)17(27-15)21-13(22)9-26-12-7-5-11(19)6-8-12/h5-8H,4,9H2,1-3H3,(H,20,23)(H,21,22). The molecule has 2 N–H and O–H groups in total. The molecule has 0 saturated carbocycles. The highest BCUT2D eigenvalue weighted by molar-refractivity contribution is 8.00. The molecular formula is C18H19FN2O4S2. The van der Waals surface area contributed by atoms with E-state index in [9.17, 15) is 18.8 Å². The molecule has 0 aliphatic heterocycles. The van der Waals surface area contributed by atoms with Gasteiger partial charge in [-0.25, -0.2) is 9.18 Å². The number of hydrogen-bond acceptors (Lipinski definition) is 6. The SMILES string of the molecule is CCOC(=O)c1sc(NC(=O)CSc2ccc(F)cc2)c(C(=O)NC)c1C. The number of hydrogen-bond donors (Lipinski definition) is 2. The minimum Gasteiger partial charge on any atom is -0.462 e. The van der Waals surface area contributed by atoms with Gasteiger partial charge in [0.2, 0.25) is 5.91 Å². The predicted octanol–water partition coefficient (Wildman–Crippen LogP) is 3.46. The van der Waals surface area contributed by atoms with E-state index in [1.165, 1.54) is 30.9 Å². The Hall–Kier alpha value is -2.39. The Morgan fingerprint density at radius 1 is 1.22 bits per heavy atom. The van der Waals surface area contributed by atoms with Crippen LogP contribution in [0.5, 0.6) is 0 Å². The molecule has 0 bridgehead atoms. The fraction of sp³-hybridized carbons (Fsp3) is 0.278. The monoisotopic (exact) mass is 410 g/mol. The van der Waals surface area contributed by atoms with Gasteiger partial charge in [-0.3, -0.25) is 9.59 Å². The Kier molecular flexibility index (Phi) is 7.37. The van der Waals surface area contributed by atoms with Gasteiger partial charge >= 0.3 is 5.97 Å². The molecule has 9 heteroatoms. The van der Waals surface area contributed by atoms with Gasteiger partial charge in [-0.2, -0.15) is 0 Å². The fourth-order valence-corrected chi connectivity index (χ4v) is 4.05. The number of anilines is 1. The van der Waals surface area contributed by atoms with Crippen LogP contribution >= 0.6 is 23.1 Å². The summed E-state index contributed by atoms with van der Waals surface area (Å²) in [6, 6.07) is 5.80. The molecule has 144 valence electrons. The van der Waals surface area contributed by atoms with E-state index < -0.39 is 11.9 Å². The maximum Gasteiger partial charge on any atom is 0.348 e. The second-order valence-electron chi connectivity index (χ2n) is 5.35. The largest absolute Gasteiger partial charge is 0.462 e. The van der Waals surface area contributed by atoms with E-state index in [1.807, 2.05) is 0 Å². The highest BCUT2D eigenvalue weighted by Crippen LogP contribution is 2.34. The zero-order valence-electron chi connectivity index (χ0n) is 15.1. The minimum atomic E-state index is -0.536. The van der Waals surface area contributed by atoms with E-state index in [4.69, 9.17) is 4.74 Å². The topological polar surface area (TPSA) is 84.5 Å². The normalized spacial score (nSPS) is 10.4. The van der Waals surface area contributed by atoms with Crippen molar-refractivity contribution in [1.29, 1.82) is 0 Å². The third-order valence-corrected chi connectivity index (χ3v) is 5.70. The number of carbonyl (C=O) groups excluding carboxylic acids is 3. The quantitative estimate of drug-likeness (QED) is 0.539. The van der Waals surface area contributed by atoms with E-state index in [1.54, 1.807) is 26.0 Å². The summed E-state index contributed by atoms with van der Waals surface area (Å²) in [7, 11) is 1.47. The van der Waals surface area contributed by atoms with Gasteiger partial charge in [0.15, 0.2) is 0 Å². The number of amides is 2. The first-order valence-electron chi connectivity index (χ1n) is 8.08. The lowest BCUT2D eigenvalue weighted by Gasteiger charge is -2.06. The lowest BCUT2D eigenvalue weighted by Crippen LogP contribution is -2.21. The van der Waals surface area contributed by atoms with E-state index >= 15 is 0 Å². The predicted molar refractivity (Wildman–Crippen MR) is 104 cm³/mol. The van der Waals surface area contributed by atoms with Crippen molar-refractivity contribution in [2.75, 3.05) is 24.7 Å².